The van der Waals surface area contributed by atoms with E-state index in [9.17, 15) is 4.79 Å². The molecule has 6 nitrogen and oxygen atoms in total. The smallest absolute Gasteiger partial charge is 0.315 e. The van der Waals surface area contributed by atoms with Gasteiger partial charge in [-0.3, -0.25) is 4.90 Å². The number of hydrogen-bond acceptors (Lipinski definition) is 5. The molecule has 2 aromatic rings. The van der Waals surface area contributed by atoms with Crippen LogP contribution in [0.3, 0.4) is 0 Å². The zero-order valence-electron chi connectivity index (χ0n) is 16.6. The van der Waals surface area contributed by atoms with E-state index in [-0.39, 0.29) is 11.4 Å². The van der Waals surface area contributed by atoms with Gasteiger partial charge in [0, 0.05) is 56.3 Å². The van der Waals surface area contributed by atoms with Crippen LogP contribution in [0.4, 0.5) is 10.5 Å². The Morgan fingerprint density at radius 1 is 1.00 bits per heavy atom. The van der Waals surface area contributed by atoms with Crippen LogP contribution in [-0.2, 0) is 0 Å². The molecule has 0 saturated carbocycles. The number of ether oxygens (including phenoxy) is 1. The van der Waals surface area contributed by atoms with Crippen LogP contribution in [0.15, 0.2) is 54.6 Å². The van der Waals surface area contributed by atoms with E-state index in [1.165, 1.54) is 5.69 Å². The maximum Gasteiger partial charge on any atom is 0.315 e. The summed E-state index contributed by atoms with van der Waals surface area (Å²) in [7, 11) is 0. The largest absolute Gasteiger partial charge is 0.492 e. The molecular weight excluding hydrogens is 384 g/mol. The predicted octanol–water partition coefficient (Wildman–Crippen LogP) is 3.01. The van der Waals surface area contributed by atoms with Crippen molar-refractivity contribution in [3.05, 3.63) is 60.2 Å². The summed E-state index contributed by atoms with van der Waals surface area (Å²) in [4.78, 5) is 18.3. The van der Waals surface area contributed by atoms with Gasteiger partial charge in [-0.05, 0) is 18.2 Å². The molecule has 0 bridgehead atoms. The number of para-hydroxylation sites is 2. The molecule has 4 rings (SSSR count). The van der Waals surface area contributed by atoms with E-state index < -0.39 is 0 Å². The Bertz CT molecular complexity index is 811. The number of rotatable bonds is 6. The average Bonchev–Trinajstić information content (AvgIpc) is 3.25. The summed E-state index contributed by atoms with van der Waals surface area (Å²) in [6.45, 7) is 6.36. The van der Waals surface area contributed by atoms with Crippen LogP contribution in [-0.4, -0.2) is 67.5 Å². The Morgan fingerprint density at radius 3 is 2.48 bits per heavy atom. The SMILES string of the molecule is NC(=O)N1CCSC1c1ccccc1OCCN1CCN(c2ccccc2)CC1. The minimum Gasteiger partial charge on any atom is -0.492 e. The maximum absolute atomic E-state index is 11.7. The Labute approximate surface area is 176 Å². The lowest BCUT2D eigenvalue weighted by atomic mass is 10.2. The number of nitrogens with zero attached hydrogens (tertiary/aromatic N) is 3. The molecule has 2 saturated heterocycles. The molecule has 29 heavy (non-hydrogen) atoms. The van der Waals surface area contributed by atoms with E-state index in [0.717, 1.165) is 49.8 Å². The van der Waals surface area contributed by atoms with Gasteiger partial charge in [-0.1, -0.05) is 36.4 Å². The number of carbonyl (C=O) groups excluding carboxylic acids is 1. The highest BCUT2D eigenvalue weighted by Gasteiger charge is 2.31. The van der Waals surface area contributed by atoms with Crippen LogP contribution in [0.1, 0.15) is 10.9 Å². The first-order valence-electron chi connectivity index (χ1n) is 10.1. The van der Waals surface area contributed by atoms with Crippen LogP contribution in [0, 0.1) is 0 Å². The number of hydrogen-bond donors (Lipinski definition) is 1. The predicted molar refractivity (Wildman–Crippen MR) is 119 cm³/mol. The topological polar surface area (TPSA) is 62.0 Å². The van der Waals surface area contributed by atoms with Gasteiger partial charge in [-0.25, -0.2) is 4.79 Å². The maximum atomic E-state index is 11.7. The van der Waals surface area contributed by atoms with Crippen molar-refractivity contribution in [2.75, 3.05) is 56.5 Å². The van der Waals surface area contributed by atoms with Crippen LogP contribution in [0.2, 0.25) is 0 Å². The summed E-state index contributed by atoms with van der Waals surface area (Å²) in [5.74, 6) is 1.74. The van der Waals surface area contributed by atoms with Crippen molar-refractivity contribution < 1.29 is 9.53 Å². The van der Waals surface area contributed by atoms with Crippen LogP contribution in [0.25, 0.3) is 0 Å². The van der Waals surface area contributed by atoms with Crippen molar-refractivity contribution in [2.24, 2.45) is 5.73 Å². The van der Waals surface area contributed by atoms with Crippen LogP contribution >= 0.6 is 11.8 Å². The summed E-state index contributed by atoms with van der Waals surface area (Å²) in [6, 6.07) is 18.2. The normalized spacial score (nSPS) is 20.1. The minimum absolute atomic E-state index is 0.0573. The number of anilines is 1. The Morgan fingerprint density at radius 2 is 1.72 bits per heavy atom. The summed E-state index contributed by atoms with van der Waals surface area (Å²) < 4.78 is 6.14. The minimum atomic E-state index is -0.369. The number of nitrogens with two attached hydrogens (primary N) is 1. The highest BCUT2D eigenvalue weighted by atomic mass is 32.2. The van der Waals surface area contributed by atoms with Gasteiger partial charge in [0.05, 0.1) is 0 Å². The van der Waals surface area contributed by atoms with Gasteiger partial charge in [0.15, 0.2) is 0 Å². The van der Waals surface area contributed by atoms with E-state index in [4.69, 9.17) is 10.5 Å². The van der Waals surface area contributed by atoms with Gasteiger partial charge < -0.3 is 20.3 Å². The fourth-order valence-corrected chi connectivity index (χ4v) is 5.21. The van der Waals surface area contributed by atoms with Crippen molar-refractivity contribution in [3.8, 4) is 5.75 Å². The fourth-order valence-electron chi connectivity index (χ4n) is 3.92. The Kier molecular flexibility index (Phi) is 6.46. The molecule has 0 spiro atoms. The van der Waals surface area contributed by atoms with E-state index in [1.807, 2.05) is 24.3 Å². The van der Waals surface area contributed by atoms with Gasteiger partial charge >= 0.3 is 6.03 Å². The quantitative estimate of drug-likeness (QED) is 0.790. The molecule has 0 radical (unpaired) electrons. The van der Waals surface area contributed by atoms with Crippen molar-refractivity contribution >= 4 is 23.5 Å². The van der Waals surface area contributed by atoms with Crippen molar-refractivity contribution in [3.63, 3.8) is 0 Å². The summed E-state index contributed by atoms with van der Waals surface area (Å²) in [5.41, 5.74) is 7.88. The molecule has 2 aromatic carbocycles. The van der Waals surface area contributed by atoms with Crippen molar-refractivity contribution in [2.45, 2.75) is 5.37 Å². The fraction of sp³-hybridized carbons (Fsp3) is 0.409. The lowest BCUT2D eigenvalue weighted by Gasteiger charge is -2.36. The van der Waals surface area contributed by atoms with E-state index in [0.29, 0.717) is 13.2 Å². The zero-order valence-corrected chi connectivity index (χ0v) is 17.4. The second kappa shape index (κ2) is 9.41. The van der Waals surface area contributed by atoms with Crippen LogP contribution < -0.4 is 15.4 Å². The Hall–Kier alpha value is -2.38. The third-order valence-corrected chi connectivity index (χ3v) is 6.76. The number of benzene rings is 2. The molecule has 0 aromatic heterocycles. The molecule has 7 heteroatoms. The first-order chi connectivity index (χ1) is 14.2. The third kappa shape index (κ3) is 4.79. The first kappa shape index (κ1) is 19.9. The van der Waals surface area contributed by atoms with Crippen LogP contribution in [0.5, 0.6) is 5.75 Å². The molecule has 2 N–H and O–H groups in total. The molecular formula is C22H28N4O2S. The monoisotopic (exact) mass is 412 g/mol. The molecule has 154 valence electrons. The molecule has 2 aliphatic rings. The number of amides is 2. The molecule has 1 atom stereocenters. The molecule has 2 heterocycles. The summed E-state index contributed by atoms with van der Waals surface area (Å²) in [6.07, 6.45) is 0. The van der Waals surface area contributed by atoms with E-state index in [1.54, 1.807) is 16.7 Å². The molecule has 2 fully saturated rings. The van der Waals surface area contributed by atoms with E-state index >= 15 is 0 Å². The number of carbonyl (C=O) groups is 1. The lowest BCUT2D eigenvalue weighted by molar-refractivity contribution is 0.196. The van der Waals surface area contributed by atoms with E-state index in [2.05, 4.69) is 40.1 Å². The van der Waals surface area contributed by atoms with Gasteiger partial charge in [-0.2, -0.15) is 0 Å². The third-order valence-electron chi connectivity index (χ3n) is 5.52. The molecule has 2 amide bonds. The lowest BCUT2D eigenvalue weighted by Crippen LogP contribution is -2.47. The van der Waals surface area contributed by atoms with Crippen molar-refractivity contribution in [1.29, 1.82) is 0 Å². The van der Waals surface area contributed by atoms with Gasteiger partial charge in [0.25, 0.3) is 0 Å². The van der Waals surface area contributed by atoms with Crippen molar-refractivity contribution in [1.82, 2.24) is 9.80 Å². The zero-order chi connectivity index (χ0) is 20.1. The molecule has 2 aliphatic heterocycles. The molecule has 1 unspecified atom stereocenters. The van der Waals surface area contributed by atoms with Gasteiger partial charge in [0.1, 0.15) is 17.7 Å². The second-order valence-electron chi connectivity index (χ2n) is 7.31. The van der Waals surface area contributed by atoms with Gasteiger partial charge in [0.2, 0.25) is 0 Å². The highest BCUT2D eigenvalue weighted by molar-refractivity contribution is 7.99. The summed E-state index contributed by atoms with van der Waals surface area (Å²) in [5, 5.41) is -0.0573. The average molecular weight is 413 g/mol. The number of thioether (sulfide) groups is 1. The number of primary amides is 1. The standard InChI is InChI=1S/C22H28N4O2S/c23-22(27)26-15-17-29-21(26)19-8-4-5-9-20(19)28-16-14-24-10-12-25(13-11-24)18-6-2-1-3-7-18/h1-9,21H,10-17H2,(H2,23,27). The second-order valence-corrected chi connectivity index (χ2v) is 8.49. The first-order valence-corrected chi connectivity index (χ1v) is 11.2. The van der Waals surface area contributed by atoms with Gasteiger partial charge in [-0.15, -0.1) is 11.8 Å². The number of urea groups is 1. The molecule has 0 aliphatic carbocycles. The Balaban J connectivity index is 1.29. The highest BCUT2D eigenvalue weighted by Crippen LogP contribution is 2.41. The summed E-state index contributed by atoms with van der Waals surface area (Å²) >= 11 is 1.73. The number of piperazine rings is 1.